The number of nitrogens with one attached hydrogen (secondary N) is 3. The molecule has 84 valence electrons. The predicted molar refractivity (Wildman–Crippen MR) is 63.6 cm³/mol. The maximum absolute atomic E-state index is 10.9. The first-order valence-electron chi connectivity index (χ1n) is 4.84. The van der Waals surface area contributed by atoms with Crippen molar-refractivity contribution >= 4 is 18.1 Å². The van der Waals surface area contributed by atoms with Gasteiger partial charge >= 0.3 is 0 Å². The van der Waals surface area contributed by atoms with E-state index in [0.29, 0.717) is 6.54 Å². The third kappa shape index (κ3) is 3.91. The van der Waals surface area contributed by atoms with Gasteiger partial charge in [-0.25, -0.2) is 4.99 Å². The normalized spacial score (nSPS) is 10.1. The lowest BCUT2D eigenvalue weighted by atomic mass is 10.2. The fraction of sp³-hybridized carbons (Fsp3) is 0.182. The number of benzene rings is 1. The molecule has 0 heterocycles. The van der Waals surface area contributed by atoms with Gasteiger partial charge in [0.05, 0.1) is 6.34 Å². The van der Waals surface area contributed by atoms with Crippen LogP contribution in [0.15, 0.2) is 35.3 Å². The largest absolute Gasteiger partial charge is 0.372 e. The van der Waals surface area contributed by atoms with Crippen LogP contribution in [-0.4, -0.2) is 25.1 Å². The van der Waals surface area contributed by atoms with Gasteiger partial charge in [0.25, 0.3) is 5.91 Å². The summed E-state index contributed by atoms with van der Waals surface area (Å²) in [5.41, 5.74) is 1.11. The molecular weight excluding hydrogens is 204 g/mol. The van der Waals surface area contributed by atoms with Gasteiger partial charge in [0.1, 0.15) is 0 Å². The van der Waals surface area contributed by atoms with Gasteiger partial charge in [0.15, 0.2) is 0 Å². The number of amidine groups is 1. The summed E-state index contributed by atoms with van der Waals surface area (Å²) < 4.78 is 0. The van der Waals surface area contributed by atoms with Crippen molar-refractivity contribution in [1.82, 2.24) is 10.6 Å². The van der Waals surface area contributed by atoms with Crippen LogP contribution in [0.5, 0.6) is 0 Å². The molecule has 0 aliphatic carbocycles. The van der Waals surface area contributed by atoms with Gasteiger partial charge < -0.3 is 10.6 Å². The zero-order valence-corrected chi connectivity index (χ0v) is 9.03. The van der Waals surface area contributed by atoms with Gasteiger partial charge in [-0.05, 0) is 5.56 Å². The molecule has 0 aliphatic heterocycles. The van der Waals surface area contributed by atoms with E-state index in [4.69, 9.17) is 5.41 Å². The lowest BCUT2D eigenvalue weighted by Gasteiger charge is -2.00. The van der Waals surface area contributed by atoms with Gasteiger partial charge in [-0.1, -0.05) is 30.3 Å². The lowest BCUT2D eigenvalue weighted by molar-refractivity contribution is -0.114. The molecule has 0 unspecified atom stereocenters. The number of carbonyl (C=O) groups is 1. The summed E-state index contributed by atoms with van der Waals surface area (Å²) in [6, 6.07) is 9.79. The van der Waals surface area contributed by atoms with Crippen molar-refractivity contribution in [3.05, 3.63) is 35.9 Å². The predicted octanol–water partition coefficient (Wildman–Crippen LogP) is 0.528. The summed E-state index contributed by atoms with van der Waals surface area (Å²) >= 11 is 0. The Kier molecular flexibility index (Phi) is 4.72. The summed E-state index contributed by atoms with van der Waals surface area (Å²) in [5, 5.41) is 12.4. The Morgan fingerprint density at radius 3 is 2.75 bits per heavy atom. The molecule has 1 aromatic rings. The fourth-order valence-electron chi connectivity index (χ4n) is 1.05. The second kappa shape index (κ2) is 6.34. The summed E-state index contributed by atoms with van der Waals surface area (Å²) in [5.74, 6) is -0.819. The molecule has 0 saturated heterocycles. The van der Waals surface area contributed by atoms with Crippen molar-refractivity contribution in [3.8, 4) is 0 Å². The third-order valence-corrected chi connectivity index (χ3v) is 1.88. The quantitative estimate of drug-likeness (QED) is 0.511. The Hall–Kier alpha value is -2.17. The molecule has 5 heteroatoms. The second-order valence-corrected chi connectivity index (χ2v) is 3.05. The molecule has 0 radical (unpaired) electrons. The van der Waals surface area contributed by atoms with Crippen molar-refractivity contribution in [1.29, 1.82) is 5.41 Å². The zero-order valence-electron chi connectivity index (χ0n) is 9.03. The van der Waals surface area contributed by atoms with E-state index in [9.17, 15) is 4.79 Å². The van der Waals surface area contributed by atoms with E-state index in [1.54, 1.807) is 0 Å². The van der Waals surface area contributed by atoms with Crippen LogP contribution in [0.1, 0.15) is 5.56 Å². The number of aliphatic imine (C=N–C) groups is 1. The molecule has 16 heavy (non-hydrogen) atoms. The van der Waals surface area contributed by atoms with E-state index in [2.05, 4.69) is 15.6 Å². The maximum Gasteiger partial charge on any atom is 0.288 e. The smallest absolute Gasteiger partial charge is 0.288 e. The number of likely N-dealkylation sites (N-methyl/N-ethyl adjacent to an activating group) is 1. The second-order valence-electron chi connectivity index (χ2n) is 3.05. The highest BCUT2D eigenvalue weighted by atomic mass is 16.2. The Morgan fingerprint density at radius 1 is 1.44 bits per heavy atom. The minimum Gasteiger partial charge on any atom is -0.372 e. The van der Waals surface area contributed by atoms with E-state index in [0.717, 1.165) is 5.56 Å². The van der Waals surface area contributed by atoms with Gasteiger partial charge in [0, 0.05) is 13.6 Å². The van der Waals surface area contributed by atoms with Crippen molar-refractivity contribution in [2.75, 3.05) is 7.05 Å². The molecule has 0 bridgehead atoms. The number of hydrogen-bond donors (Lipinski definition) is 3. The number of nitrogens with zero attached hydrogens (tertiary/aromatic N) is 1. The van der Waals surface area contributed by atoms with Gasteiger partial charge in [-0.2, -0.15) is 0 Å². The van der Waals surface area contributed by atoms with E-state index in [1.165, 1.54) is 13.4 Å². The average Bonchev–Trinajstić information content (AvgIpc) is 2.34. The van der Waals surface area contributed by atoms with Crippen LogP contribution in [0.3, 0.4) is 0 Å². The van der Waals surface area contributed by atoms with Crippen LogP contribution < -0.4 is 10.6 Å². The molecule has 0 fully saturated rings. The minimum absolute atomic E-state index is 0.317. The van der Waals surface area contributed by atoms with Crippen molar-refractivity contribution < 1.29 is 4.79 Å². The first-order chi connectivity index (χ1) is 7.74. The first kappa shape index (κ1) is 11.9. The molecule has 0 spiro atoms. The molecule has 0 aliphatic rings. The molecule has 1 aromatic carbocycles. The van der Waals surface area contributed by atoms with Crippen LogP contribution in [0.25, 0.3) is 0 Å². The Labute approximate surface area is 94.1 Å². The van der Waals surface area contributed by atoms with Crippen molar-refractivity contribution in [2.45, 2.75) is 6.54 Å². The van der Waals surface area contributed by atoms with Gasteiger partial charge in [0.2, 0.25) is 5.84 Å². The van der Waals surface area contributed by atoms with Crippen LogP contribution >= 0.6 is 0 Å². The molecule has 0 saturated carbocycles. The zero-order chi connectivity index (χ0) is 11.8. The highest BCUT2D eigenvalue weighted by molar-refractivity contribution is 6.37. The Bertz CT molecular complexity index is 386. The molecule has 3 N–H and O–H groups in total. The van der Waals surface area contributed by atoms with E-state index >= 15 is 0 Å². The maximum atomic E-state index is 10.9. The van der Waals surface area contributed by atoms with E-state index in [1.807, 2.05) is 30.3 Å². The molecule has 1 rings (SSSR count). The SMILES string of the molecule is CNC(=O)C(=N)/N=C\NCc1ccccc1. The van der Waals surface area contributed by atoms with Crippen LogP contribution in [-0.2, 0) is 11.3 Å². The van der Waals surface area contributed by atoms with Gasteiger partial charge in [-0.3, -0.25) is 10.2 Å². The lowest BCUT2D eigenvalue weighted by Crippen LogP contribution is -2.26. The van der Waals surface area contributed by atoms with E-state index in [-0.39, 0.29) is 5.84 Å². The molecule has 0 atom stereocenters. The summed E-state index contributed by atoms with van der Waals surface area (Å²) in [6.07, 6.45) is 1.35. The van der Waals surface area contributed by atoms with Crippen molar-refractivity contribution in [2.24, 2.45) is 4.99 Å². The fourth-order valence-corrected chi connectivity index (χ4v) is 1.05. The summed E-state index contributed by atoms with van der Waals surface area (Å²) in [4.78, 5) is 14.5. The molecule has 5 nitrogen and oxygen atoms in total. The number of amides is 1. The average molecular weight is 218 g/mol. The standard InChI is InChI=1S/C11H14N4O/c1-13-11(16)10(12)15-8-14-7-9-5-3-2-4-6-9/h2-6,8H,7H2,1H3,(H,13,16)(H2,12,14,15). The number of hydrogen-bond acceptors (Lipinski definition) is 2. The Morgan fingerprint density at radius 2 is 2.12 bits per heavy atom. The Balaban J connectivity index is 2.33. The van der Waals surface area contributed by atoms with Crippen LogP contribution in [0.4, 0.5) is 0 Å². The molecular formula is C11H14N4O. The first-order valence-corrected chi connectivity index (χ1v) is 4.84. The van der Waals surface area contributed by atoms with E-state index < -0.39 is 5.91 Å². The highest BCUT2D eigenvalue weighted by Gasteiger charge is 2.02. The third-order valence-electron chi connectivity index (χ3n) is 1.88. The summed E-state index contributed by atoms with van der Waals surface area (Å²) in [6.45, 7) is 0.616. The topological polar surface area (TPSA) is 77.3 Å². The number of rotatable bonds is 3. The van der Waals surface area contributed by atoms with Gasteiger partial charge in [-0.15, -0.1) is 0 Å². The van der Waals surface area contributed by atoms with Crippen LogP contribution in [0, 0.1) is 5.41 Å². The minimum atomic E-state index is -0.502. The number of carbonyl (C=O) groups excluding carboxylic acids is 1. The highest BCUT2D eigenvalue weighted by Crippen LogP contribution is 1.96. The molecule has 1 amide bonds. The monoisotopic (exact) mass is 218 g/mol. The van der Waals surface area contributed by atoms with Crippen molar-refractivity contribution in [3.63, 3.8) is 0 Å². The molecule has 0 aromatic heterocycles. The van der Waals surface area contributed by atoms with Crippen LogP contribution in [0.2, 0.25) is 0 Å². The summed E-state index contributed by atoms with van der Waals surface area (Å²) in [7, 11) is 1.46.